The molecule has 2 aliphatic heterocycles. The normalized spacial score (nSPS) is 18.5. The zero-order valence-electron chi connectivity index (χ0n) is 15.9. The molecule has 2 aromatic rings. The maximum Gasteiger partial charge on any atom is 0.289 e. The molecule has 0 spiro atoms. The lowest BCUT2D eigenvalue weighted by molar-refractivity contribution is 0.0714. The van der Waals surface area contributed by atoms with Crippen LogP contribution >= 0.6 is 0 Å². The molecule has 0 unspecified atom stereocenters. The highest BCUT2D eigenvalue weighted by Gasteiger charge is 2.25. The largest absolute Gasteiger partial charge is 0.459 e. The van der Waals surface area contributed by atoms with Crippen molar-refractivity contribution < 1.29 is 9.21 Å². The van der Waals surface area contributed by atoms with Gasteiger partial charge in [-0.1, -0.05) is 12.8 Å². The molecule has 2 aliphatic rings. The van der Waals surface area contributed by atoms with E-state index >= 15 is 0 Å². The SMILES string of the molecule is Cc1cc(N2CCCCCC2)nc(N2CCN(C(=O)c3ccco3)CC2)n1. The number of nitrogens with zero attached hydrogens (tertiary/aromatic N) is 5. The van der Waals surface area contributed by atoms with Crippen molar-refractivity contribution in [3.8, 4) is 0 Å². The minimum absolute atomic E-state index is 0.0462. The zero-order valence-corrected chi connectivity index (χ0v) is 15.9. The first-order chi connectivity index (χ1) is 13.2. The smallest absolute Gasteiger partial charge is 0.289 e. The third kappa shape index (κ3) is 4.07. The molecule has 0 saturated carbocycles. The van der Waals surface area contributed by atoms with E-state index in [1.54, 1.807) is 12.1 Å². The highest BCUT2D eigenvalue weighted by atomic mass is 16.3. The zero-order chi connectivity index (χ0) is 18.6. The number of aryl methyl sites for hydroxylation is 1. The Morgan fingerprint density at radius 2 is 1.70 bits per heavy atom. The topological polar surface area (TPSA) is 65.7 Å². The van der Waals surface area contributed by atoms with E-state index < -0.39 is 0 Å². The molecular weight excluding hydrogens is 342 g/mol. The molecule has 0 aliphatic carbocycles. The molecule has 144 valence electrons. The lowest BCUT2D eigenvalue weighted by Crippen LogP contribution is -2.49. The van der Waals surface area contributed by atoms with E-state index in [2.05, 4.69) is 20.9 Å². The lowest BCUT2D eigenvalue weighted by Gasteiger charge is -2.35. The number of carbonyl (C=O) groups is 1. The molecule has 4 rings (SSSR count). The number of hydrogen-bond donors (Lipinski definition) is 0. The Morgan fingerprint density at radius 3 is 2.37 bits per heavy atom. The van der Waals surface area contributed by atoms with Crippen LogP contribution in [-0.4, -0.2) is 60.0 Å². The maximum absolute atomic E-state index is 12.4. The van der Waals surface area contributed by atoms with Crippen LogP contribution in [0.2, 0.25) is 0 Å². The van der Waals surface area contributed by atoms with E-state index in [0.717, 1.165) is 43.6 Å². The van der Waals surface area contributed by atoms with Gasteiger partial charge in [-0.3, -0.25) is 4.79 Å². The second-order valence-corrected chi connectivity index (χ2v) is 7.33. The highest BCUT2D eigenvalue weighted by molar-refractivity contribution is 5.91. The van der Waals surface area contributed by atoms with E-state index in [1.165, 1.54) is 31.9 Å². The monoisotopic (exact) mass is 369 g/mol. The predicted molar refractivity (Wildman–Crippen MR) is 104 cm³/mol. The molecule has 0 N–H and O–H groups in total. The minimum atomic E-state index is -0.0462. The molecule has 2 fully saturated rings. The van der Waals surface area contributed by atoms with E-state index in [4.69, 9.17) is 9.40 Å². The van der Waals surface area contributed by atoms with Gasteiger partial charge in [-0.05, 0) is 31.9 Å². The number of furan rings is 1. The second kappa shape index (κ2) is 7.98. The molecule has 27 heavy (non-hydrogen) atoms. The van der Waals surface area contributed by atoms with E-state index in [-0.39, 0.29) is 5.91 Å². The third-order valence-corrected chi connectivity index (χ3v) is 5.34. The summed E-state index contributed by atoms with van der Waals surface area (Å²) in [5.41, 5.74) is 0.994. The van der Waals surface area contributed by atoms with E-state index in [9.17, 15) is 4.79 Å². The Labute approximate surface area is 160 Å². The third-order valence-electron chi connectivity index (χ3n) is 5.34. The van der Waals surface area contributed by atoms with Gasteiger partial charge in [-0.25, -0.2) is 4.98 Å². The summed E-state index contributed by atoms with van der Waals surface area (Å²) in [5.74, 6) is 2.17. The van der Waals surface area contributed by atoms with Gasteiger partial charge in [0.1, 0.15) is 5.82 Å². The van der Waals surface area contributed by atoms with Gasteiger partial charge < -0.3 is 19.1 Å². The molecule has 0 bridgehead atoms. The van der Waals surface area contributed by atoms with E-state index in [0.29, 0.717) is 18.8 Å². The van der Waals surface area contributed by atoms with Gasteiger partial charge in [0.2, 0.25) is 5.95 Å². The van der Waals surface area contributed by atoms with Crippen molar-refractivity contribution in [2.24, 2.45) is 0 Å². The predicted octanol–water partition coefficient (Wildman–Crippen LogP) is 2.72. The van der Waals surface area contributed by atoms with Gasteiger partial charge in [-0.15, -0.1) is 0 Å². The Balaban J connectivity index is 1.44. The maximum atomic E-state index is 12.4. The quantitative estimate of drug-likeness (QED) is 0.829. The van der Waals surface area contributed by atoms with Crippen molar-refractivity contribution in [3.63, 3.8) is 0 Å². The van der Waals surface area contributed by atoms with Gasteiger partial charge >= 0.3 is 0 Å². The molecule has 7 heteroatoms. The summed E-state index contributed by atoms with van der Waals surface area (Å²) in [7, 11) is 0. The van der Waals surface area contributed by atoms with Crippen molar-refractivity contribution in [3.05, 3.63) is 35.9 Å². The number of amides is 1. The van der Waals surface area contributed by atoms with Crippen LogP contribution in [0.3, 0.4) is 0 Å². The average Bonchev–Trinajstić information content (AvgIpc) is 3.09. The van der Waals surface area contributed by atoms with Crippen molar-refractivity contribution >= 4 is 17.7 Å². The molecule has 0 radical (unpaired) electrons. The number of anilines is 2. The Bertz CT molecular complexity index is 761. The number of rotatable bonds is 3. The van der Waals surface area contributed by atoms with Crippen LogP contribution in [0.4, 0.5) is 11.8 Å². The van der Waals surface area contributed by atoms with E-state index in [1.807, 2.05) is 11.8 Å². The van der Waals surface area contributed by atoms with Crippen LogP contribution in [0.25, 0.3) is 0 Å². The van der Waals surface area contributed by atoms with Crippen LogP contribution in [-0.2, 0) is 0 Å². The van der Waals surface area contributed by atoms with Gasteiger partial charge in [0, 0.05) is 51.0 Å². The molecule has 0 atom stereocenters. The molecule has 2 saturated heterocycles. The van der Waals surface area contributed by atoms with Gasteiger partial charge in [-0.2, -0.15) is 4.98 Å². The fourth-order valence-corrected chi connectivity index (χ4v) is 3.81. The summed E-state index contributed by atoms with van der Waals surface area (Å²) in [4.78, 5) is 28.4. The van der Waals surface area contributed by atoms with Gasteiger partial charge in [0.05, 0.1) is 6.26 Å². The van der Waals surface area contributed by atoms with Crippen LogP contribution < -0.4 is 9.80 Å². The van der Waals surface area contributed by atoms with Crippen LogP contribution in [0.5, 0.6) is 0 Å². The molecule has 4 heterocycles. The average molecular weight is 369 g/mol. The van der Waals surface area contributed by atoms with Crippen LogP contribution in [0.15, 0.2) is 28.9 Å². The molecule has 2 aromatic heterocycles. The summed E-state index contributed by atoms with van der Waals surface area (Å²) < 4.78 is 5.23. The molecular formula is C20H27N5O2. The van der Waals surface area contributed by atoms with Crippen molar-refractivity contribution in [2.75, 3.05) is 49.1 Å². The molecule has 7 nitrogen and oxygen atoms in total. The first-order valence-electron chi connectivity index (χ1n) is 9.89. The van der Waals surface area contributed by atoms with Crippen molar-refractivity contribution in [1.82, 2.24) is 14.9 Å². The first kappa shape index (κ1) is 17.8. The Hall–Kier alpha value is -2.57. The number of hydrogen-bond acceptors (Lipinski definition) is 6. The number of piperazine rings is 1. The standard InChI is InChI=1S/C20H27N5O2/c1-16-15-18(23-8-4-2-3-5-9-23)22-20(21-16)25-12-10-24(11-13-25)19(26)17-7-6-14-27-17/h6-7,14-15H,2-5,8-13H2,1H3. The summed E-state index contributed by atoms with van der Waals surface area (Å²) >= 11 is 0. The second-order valence-electron chi connectivity index (χ2n) is 7.33. The lowest BCUT2D eigenvalue weighted by atomic mass is 10.2. The minimum Gasteiger partial charge on any atom is -0.459 e. The first-order valence-corrected chi connectivity index (χ1v) is 9.89. The van der Waals surface area contributed by atoms with Crippen LogP contribution in [0, 0.1) is 6.92 Å². The van der Waals surface area contributed by atoms with Gasteiger partial charge in [0.15, 0.2) is 5.76 Å². The Morgan fingerprint density at radius 1 is 0.963 bits per heavy atom. The Kier molecular flexibility index (Phi) is 5.27. The summed E-state index contributed by atoms with van der Waals surface area (Å²) in [6.07, 6.45) is 6.60. The fraction of sp³-hybridized carbons (Fsp3) is 0.550. The number of carbonyl (C=O) groups excluding carboxylic acids is 1. The number of aromatic nitrogens is 2. The summed E-state index contributed by atoms with van der Waals surface area (Å²) in [5, 5.41) is 0. The fourth-order valence-electron chi connectivity index (χ4n) is 3.81. The summed E-state index contributed by atoms with van der Waals surface area (Å²) in [6, 6.07) is 5.55. The van der Waals surface area contributed by atoms with Crippen LogP contribution in [0.1, 0.15) is 41.9 Å². The molecule has 1 amide bonds. The summed E-state index contributed by atoms with van der Waals surface area (Å²) in [6.45, 7) is 6.93. The highest BCUT2D eigenvalue weighted by Crippen LogP contribution is 2.22. The van der Waals surface area contributed by atoms with Crippen molar-refractivity contribution in [1.29, 1.82) is 0 Å². The van der Waals surface area contributed by atoms with Gasteiger partial charge in [0.25, 0.3) is 5.91 Å². The van der Waals surface area contributed by atoms with Crippen molar-refractivity contribution in [2.45, 2.75) is 32.6 Å². The molecule has 0 aromatic carbocycles.